The summed E-state index contributed by atoms with van der Waals surface area (Å²) in [6.45, 7) is 4.92. The van der Waals surface area contributed by atoms with Crippen LogP contribution in [0.25, 0.3) is 10.7 Å². The molecule has 1 aliphatic rings. The zero-order valence-electron chi connectivity index (χ0n) is 13.6. The van der Waals surface area contributed by atoms with Gasteiger partial charge in [0.15, 0.2) is 0 Å². The fraction of sp³-hybridized carbons (Fsp3) is 0.526. The number of hydrogen-bond acceptors (Lipinski definition) is 5. The molecule has 0 spiro atoms. The quantitative estimate of drug-likeness (QED) is 0.777. The monoisotopic (exact) mass is 345 g/mol. The Morgan fingerprint density at radius 2 is 2.08 bits per heavy atom. The van der Waals surface area contributed by atoms with Gasteiger partial charge in [0.1, 0.15) is 10.8 Å². The second kappa shape index (κ2) is 9.04. The molecule has 1 aliphatic heterocycles. The number of carbonyl (C=O) groups excluding carboxylic acids is 1. The van der Waals surface area contributed by atoms with Gasteiger partial charge in [0.05, 0.1) is 5.69 Å². The Kier molecular flexibility index (Phi) is 7.06. The highest BCUT2D eigenvalue weighted by molar-refractivity contribution is 7.14. The second-order valence-corrected chi connectivity index (χ2v) is 7.42. The van der Waals surface area contributed by atoms with Crippen molar-refractivity contribution in [3.8, 4) is 10.7 Å². The predicted molar refractivity (Wildman–Crippen MR) is 100.0 cm³/mol. The van der Waals surface area contributed by atoms with E-state index in [2.05, 4.69) is 14.9 Å². The van der Waals surface area contributed by atoms with E-state index >= 15 is 0 Å². The zero-order valence-corrected chi connectivity index (χ0v) is 14.4. The van der Waals surface area contributed by atoms with Gasteiger partial charge >= 0.3 is 0 Å². The molecule has 0 amide bonds. The maximum atomic E-state index is 11.1. The van der Waals surface area contributed by atoms with Gasteiger partial charge in [-0.25, -0.2) is 4.98 Å². The van der Waals surface area contributed by atoms with E-state index < -0.39 is 0 Å². The Hall–Kier alpha value is -1.59. The first-order valence-corrected chi connectivity index (χ1v) is 9.10. The van der Waals surface area contributed by atoms with E-state index in [1.807, 2.05) is 30.6 Å². The Balaban J connectivity index is 0.00000208. The van der Waals surface area contributed by atoms with Gasteiger partial charge in [-0.2, -0.15) is 0 Å². The molecular weight excluding hydrogens is 318 g/mol. The van der Waals surface area contributed by atoms with Gasteiger partial charge in [0.2, 0.25) is 0 Å². The Bertz CT molecular complexity index is 633. The summed E-state index contributed by atoms with van der Waals surface area (Å²) < 4.78 is 0. The average Bonchev–Trinajstić information content (AvgIpc) is 3.03. The zero-order chi connectivity index (χ0) is 16.1. The number of hydrogen-bond donors (Lipinski definition) is 0. The minimum Gasteiger partial charge on any atom is -0.300 e. The lowest BCUT2D eigenvalue weighted by atomic mass is 9.91. The van der Waals surface area contributed by atoms with Crippen molar-refractivity contribution in [3.63, 3.8) is 0 Å². The van der Waals surface area contributed by atoms with Crippen LogP contribution in [0.4, 0.5) is 0 Å². The van der Waals surface area contributed by atoms with Gasteiger partial charge in [-0.15, -0.1) is 11.3 Å². The van der Waals surface area contributed by atoms with Crippen LogP contribution in [0.2, 0.25) is 0 Å². The van der Waals surface area contributed by atoms with Crippen LogP contribution < -0.4 is 0 Å². The molecule has 24 heavy (non-hydrogen) atoms. The minimum absolute atomic E-state index is 0. The van der Waals surface area contributed by atoms with Gasteiger partial charge < -0.3 is 4.79 Å². The summed E-state index contributed by atoms with van der Waals surface area (Å²) in [5.41, 5.74) is 0.951. The van der Waals surface area contributed by atoms with Gasteiger partial charge in [-0.3, -0.25) is 9.88 Å². The summed E-state index contributed by atoms with van der Waals surface area (Å²) >= 11 is 1.73. The molecule has 1 fully saturated rings. The summed E-state index contributed by atoms with van der Waals surface area (Å²) in [5, 5.41) is 0.997. The standard InChI is InChI=1S/C18H23N3OS.CH4/c1-14(22)5-6-15-7-10-21(11-8-15)13-16-12-20-18(23-16)17-4-2-3-9-19-17;/h2-4,9,12,15H,5-8,10-11,13H2,1H3;1H4. The number of rotatable bonds is 6. The third kappa shape index (κ3) is 5.21. The largest absolute Gasteiger partial charge is 0.300 e. The van der Waals surface area contributed by atoms with Gasteiger partial charge in [0, 0.05) is 30.2 Å². The number of Topliss-reactive ketones (excluding diaryl/α,β-unsaturated/α-hetero) is 1. The molecule has 3 rings (SSSR count). The smallest absolute Gasteiger partial charge is 0.142 e. The van der Waals surface area contributed by atoms with Crippen molar-refractivity contribution in [2.24, 2.45) is 5.92 Å². The molecular formula is C19H27N3OS. The number of piperidine rings is 1. The van der Waals surface area contributed by atoms with Crippen molar-refractivity contribution in [3.05, 3.63) is 35.5 Å². The molecule has 0 aromatic carbocycles. The van der Waals surface area contributed by atoms with E-state index in [4.69, 9.17) is 0 Å². The summed E-state index contributed by atoms with van der Waals surface area (Å²) in [7, 11) is 0. The number of carbonyl (C=O) groups is 1. The van der Waals surface area contributed by atoms with E-state index in [1.54, 1.807) is 18.3 Å². The molecule has 0 saturated carbocycles. The highest BCUT2D eigenvalue weighted by Gasteiger charge is 2.20. The molecule has 0 unspecified atom stereocenters. The van der Waals surface area contributed by atoms with Crippen molar-refractivity contribution in [2.45, 2.75) is 46.6 Å². The number of nitrogens with zero attached hydrogens (tertiary/aromatic N) is 3. The van der Waals surface area contributed by atoms with Crippen LogP contribution in [0.3, 0.4) is 0 Å². The van der Waals surface area contributed by atoms with Crippen molar-refractivity contribution in [1.29, 1.82) is 0 Å². The first kappa shape index (κ1) is 18.7. The SMILES string of the molecule is C.CC(=O)CCC1CCN(Cc2cnc(-c3ccccn3)s2)CC1. The maximum Gasteiger partial charge on any atom is 0.142 e. The molecule has 2 aromatic rings. The minimum atomic E-state index is 0. The molecule has 2 aromatic heterocycles. The molecule has 0 bridgehead atoms. The number of pyridine rings is 1. The first-order chi connectivity index (χ1) is 11.2. The Morgan fingerprint density at radius 3 is 2.75 bits per heavy atom. The third-order valence-corrected chi connectivity index (χ3v) is 5.43. The van der Waals surface area contributed by atoms with E-state index in [0.717, 1.165) is 49.1 Å². The number of thiazole rings is 1. The Morgan fingerprint density at radius 1 is 1.29 bits per heavy atom. The van der Waals surface area contributed by atoms with Crippen LogP contribution in [-0.2, 0) is 11.3 Å². The topological polar surface area (TPSA) is 46.1 Å². The number of likely N-dealkylation sites (tertiary alicyclic amines) is 1. The summed E-state index contributed by atoms with van der Waals surface area (Å²) in [5.74, 6) is 1.04. The molecule has 3 heterocycles. The normalized spacial score (nSPS) is 15.9. The molecule has 130 valence electrons. The van der Waals surface area contributed by atoms with Crippen LogP contribution in [-0.4, -0.2) is 33.7 Å². The highest BCUT2D eigenvalue weighted by atomic mass is 32.1. The number of ketones is 1. The molecule has 0 aliphatic carbocycles. The second-order valence-electron chi connectivity index (χ2n) is 6.31. The first-order valence-electron chi connectivity index (χ1n) is 8.28. The summed E-state index contributed by atoms with van der Waals surface area (Å²) in [6, 6.07) is 5.92. The van der Waals surface area contributed by atoms with Crippen LogP contribution in [0.1, 0.15) is 44.9 Å². The van der Waals surface area contributed by atoms with Gasteiger partial charge in [-0.1, -0.05) is 13.5 Å². The molecule has 0 radical (unpaired) electrons. The van der Waals surface area contributed by atoms with Crippen molar-refractivity contribution >= 4 is 17.1 Å². The Labute approximate surface area is 149 Å². The van der Waals surface area contributed by atoms with Crippen LogP contribution >= 0.6 is 11.3 Å². The van der Waals surface area contributed by atoms with E-state index in [1.165, 1.54) is 17.7 Å². The summed E-state index contributed by atoms with van der Waals surface area (Å²) in [4.78, 5) is 23.8. The van der Waals surface area contributed by atoms with Crippen molar-refractivity contribution in [2.75, 3.05) is 13.1 Å². The van der Waals surface area contributed by atoms with Crippen LogP contribution in [0.15, 0.2) is 30.6 Å². The number of aromatic nitrogens is 2. The lowest BCUT2D eigenvalue weighted by Crippen LogP contribution is -2.33. The third-order valence-electron chi connectivity index (χ3n) is 4.43. The fourth-order valence-corrected chi connectivity index (χ4v) is 3.98. The van der Waals surface area contributed by atoms with Gasteiger partial charge in [-0.05, 0) is 57.3 Å². The van der Waals surface area contributed by atoms with E-state index in [9.17, 15) is 4.79 Å². The maximum absolute atomic E-state index is 11.1. The average molecular weight is 346 g/mol. The molecule has 5 heteroatoms. The molecule has 0 N–H and O–H groups in total. The van der Waals surface area contributed by atoms with Crippen LogP contribution in [0, 0.1) is 5.92 Å². The summed E-state index contributed by atoms with van der Waals surface area (Å²) in [6.07, 6.45) is 8.01. The van der Waals surface area contributed by atoms with E-state index in [0.29, 0.717) is 5.78 Å². The van der Waals surface area contributed by atoms with Gasteiger partial charge in [0.25, 0.3) is 0 Å². The van der Waals surface area contributed by atoms with Crippen LogP contribution in [0.5, 0.6) is 0 Å². The fourth-order valence-electron chi connectivity index (χ4n) is 3.05. The molecule has 4 nitrogen and oxygen atoms in total. The molecule has 1 saturated heterocycles. The van der Waals surface area contributed by atoms with Crippen molar-refractivity contribution < 1.29 is 4.79 Å². The highest BCUT2D eigenvalue weighted by Crippen LogP contribution is 2.27. The van der Waals surface area contributed by atoms with Crippen molar-refractivity contribution in [1.82, 2.24) is 14.9 Å². The lowest BCUT2D eigenvalue weighted by molar-refractivity contribution is -0.117. The molecule has 0 atom stereocenters. The van der Waals surface area contributed by atoms with E-state index in [-0.39, 0.29) is 7.43 Å². The predicted octanol–water partition coefficient (Wildman–Crippen LogP) is 4.42. The lowest BCUT2D eigenvalue weighted by Gasteiger charge is -2.31.